The molecule has 0 atom stereocenters. The first-order chi connectivity index (χ1) is 6.11. The highest BCUT2D eigenvalue weighted by Gasteiger charge is 2.15. The molecular weight excluding hydrogens is 192 g/mol. The van der Waals surface area contributed by atoms with Gasteiger partial charge in [0.05, 0.1) is 5.02 Å². The number of benzene rings is 1. The maximum atomic E-state index is 9.22. The van der Waals surface area contributed by atoms with Crippen molar-refractivity contribution in [3.05, 3.63) is 22.2 Å². The molecule has 0 bridgehead atoms. The lowest BCUT2D eigenvalue weighted by molar-refractivity contribution is 0.457. The summed E-state index contributed by atoms with van der Waals surface area (Å²) in [4.78, 5) is 0. The number of phenolic OH excluding ortho intramolecular Hbond substituents is 2. The second kappa shape index (κ2) is 3.22. The standard InChI is InChI=1S/C8H3ClN2O2/c9-6-1-7(12)4(2-10)5(3-11)8(6)13/h1,12-13H. The third-order valence-corrected chi connectivity index (χ3v) is 1.74. The molecule has 0 aromatic heterocycles. The van der Waals surface area contributed by atoms with Gasteiger partial charge in [0.25, 0.3) is 0 Å². The first-order valence-electron chi connectivity index (χ1n) is 3.16. The summed E-state index contributed by atoms with van der Waals surface area (Å²) in [6.07, 6.45) is 0. The van der Waals surface area contributed by atoms with Crippen LogP contribution in [0.2, 0.25) is 5.02 Å². The predicted molar refractivity (Wildman–Crippen MR) is 44.2 cm³/mol. The van der Waals surface area contributed by atoms with Crippen molar-refractivity contribution in [3.8, 4) is 23.6 Å². The van der Waals surface area contributed by atoms with Crippen LogP contribution in [0, 0.1) is 22.7 Å². The van der Waals surface area contributed by atoms with Crippen molar-refractivity contribution in [3.63, 3.8) is 0 Å². The predicted octanol–water partition coefficient (Wildman–Crippen LogP) is 1.49. The lowest BCUT2D eigenvalue weighted by Gasteiger charge is -2.02. The molecule has 0 fully saturated rings. The molecule has 5 heteroatoms. The van der Waals surface area contributed by atoms with Gasteiger partial charge in [-0.15, -0.1) is 0 Å². The minimum atomic E-state index is -0.487. The molecule has 0 radical (unpaired) electrons. The van der Waals surface area contributed by atoms with E-state index in [4.69, 9.17) is 27.2 Å². The zero-order chi connectivity index (χ0) is 10.0. The van der Waals surface area contributed by atoms with Crippen molar-refractivity contribution in [1.82, 2.24) is 0 Å². The first-order valence-corrected chi connectivity index (χ1v) is 3.54. The van der Waals surface area contributed by atoms with Crippen molar-refractivity contribution in [2.75, 3.05) is 0 Å². The van der Waals surface area contributed by atoms with Gasteiger partial charge in [0.1, 0.15) is 29.0 Å². The van der Waals surface area contributed by atoms with E-state index < -0.39 is 11.5 Å². The second-order valence-corrected chi connectivity index (χ2v) is 2.61. The minimum absolute atomic E-state index is 0.159. The molecule has 0 saturated carbocycles. The zero-order valence-corrected chi connectivity index (χ0v) is 7.00. The second-order valence-electron chi connectivity index (χ2n) is 2.20. The van der Waals surface area contributed by atoms with E-state index in [0.29, 0.717) is 0 Å². The maximum Gasteiger partial charge on any atom is 0.153 e. The van der Waals surface area contributed by atoms with E-state index in [1.54, 1.807) is 12.1 Å². The van der Waals surface area contributed by atoms with Gasteiger partial charge in [-0.25, -0.2) is 0 Å². The van der Waals surface area contributed by atoms with Crippen LogP contribution in [-0.4, -0.2) is 10.2 Å². The molecule has 0 aliphatic heterocycles. The van der Waals surface area contributed by atoms with Gasteiger partial charge >= 0.3 is 0 Å². The van der Waals surface area contributed by atoms with Crippen LogP contribution in [0.5, 0.6) is 11.5 Å². The van der Waals surface area contributed by atoms with E-state index in [1.165, 1.54) is 0 Å². The molecule has 0 spiro atoms. The Kier molecular flexibility index (Phi) is 2.27. The van der Waals surface area contributed by atoms with E-state index in [2.05, 4.69) is 0 Å². The van der Waals surface area contributed by atoms with Crippen LogP contribution in [-0.2, 0) is 0 Å². The van der Waals surface area contributed by atoms with Crippen molar-refractivity contribution >= 4 is 11.6 Å². The van der Waals surface area contributed by atoms with Gasteiger partial charge in [-0.1, -0.05) is 11.6 Å². The average Bonchev–Trinajstić information content (AvgIpc) is 2.10. The Bertz CT molecular complexity index is 443. The van der Waals surface area contributed by atoms with Crippen LogP contribution in [0.3, 0.4) is 0 Å². The third-order valence-electron chi connectivity index (χ3n) is 1.46. The normalized spacial score (nSPS) is 8.85. The average molecular weight is 195 g/mol. The monoisotopic (exact) mass is 194 g/mol. The first kappa shape index (κ1) is 9.18. The van der Waals surface area contributed by atoms with Crippen LogP contribution >= 0.6 is 11.6 Å². The molecule has 0 heterocycles. The van der Waals surface area contributed by atoms with Gasteiger partial charge in [-0.2, -0.15) is 10.5 Å². The van der Waals surface area contributed by atoms with Gasteiger partial charge in [-0.05, 0) is 0 Å². The summed E-state index contributed by atoms with van der Waals surface area (Å²) in [6.45, 7) is 0. The van der Waals surface area contributed by atoms with E-state index in [-0.39, 0.29) is 16.1 Å². The molecule has 0 amide bonds. The van der Waals surface area contributed by atoms with Gasteiger partial charge < -0.3 is 10.2 Å². The van der Waals surface area contributed by atoms with E-state index in [9.17, 15) is 5.11 Å². The van der Waals surface area contributed by atoms with Crippen molar-refractivity contribution < 1.29 is 10.2 Å². The van der Waals surface area contributed by atoms with Gasteiger partial charge in [0, 0.05) is 6.07 Å². The highest BCUT2D eigenvalue weighted by Crippen LogP contribution is 2.34. The van der Waals surface area contributed by atoms with Crippen LogP contribution in [0.4, 0.5) is 0 Å². The zero-order valence-electron chi connectivity index (χ0n) is 6.24. The smallest absolute Gasteiger partial charge is 0.153 e. The molecule has 1 aromatic carbocycles. The number of nitriles is 2. The Morgan fingerprint density at radius 2 is 1.69 bits per heavy atom. The molecule has 2 N–H and O–H groups in total. The molecular formula is C8H3ClN2O2. The van der Waals surface area contributed by atoms with Crippen LogP contribution in [0.15, 0.2) is 6.07 Å². The number of nitrogens with zero attached hydrogens (tertiary/aromatic N) is 2. The van der Waals surface area contributed by atoms with Crippen LogP contribution < -0.4 is 0 Å². The Balaban J connectivity index is 3.66. The number of rotatable bonds is 0. The highest BCUT2D eigenvalue weighted by atomic mass is 35.5. The third kappa shape index (κ3) is 1.35. The topological polar surface area (TPSA) is 88.0 Å². The lowest BCUT2D eigenvalue weighted by Crippen LogP contribution is -1.86. The van der Waals surface area contributed by atoms with Gasteiger partial charge in [0.2, 0.25) is 0 Å². The largest absolute Gasteiger partial charge is 0.506 e. The molecule has 0 aliphatic carbocycles. The highest BCUT2D eigenvalue weighted by molar-refractivity contribution is 6.32. The summed E-state index contributed by atoms with van der Waals surface area (Å²) in [5.41, 5.74) is -0.586. The molecule has 13 heavy (non-hydrogen) atoms. The Hall–Kier alpha value is -1.91. The quantitative estimate of drug-likeness (QED) is 0.613. The molecule has 4 nitrogen and oxygen atoms in total. The number of phenols is 2. The molecule has 1 rings (SSSR count). The van der Waals surface area contributed by atoms with Crippen molar-refractivity contribution in [2.45, 2.75) is 0 Å². The fourth-order valence-electron chi connectivity index (χ4n) is 0.848. The summed E-state index contributed by atoms with van der Waals surface area (Å²) in [7, 11) is 0. The SMILES string of the molecule is N#Cc1c(O)cc(Cl)c(O)c1C#N. The molecule has 0 saturated heterocycles. The molecule has 64 valence electrons. The van der Waals surface area contributed by atoms with Gasteiger partial charge in [0.15, 0.2) is 5.75 Å². The number of aromatic hydroxyl groups is 2. The summed E-state index contributed by atoms with van der Waals surface area (Å²) >= 11 is 5.46. The summed E-state index contributed by atoms with van der Waals surface area (Å²) in [6, 6.07) is 4.18. The molecule has 0 aliphatic rings. The van der Waals surface area contributed by atoms with Gasteiger partial charge in [-0.3, -0.25) is 0 Å². The van der Waals surface area contributed by atoms with Crippen LogP contribution in [0.1, 0.15) is 11.1 Å². The fraction of sp³-hybridized carbons (Fsp3) is 0. The molecule has 1 aromatic rings. The Morgan fingerprint density at radius 3 is 2.15 bits per heavy atom. The number of hydrogen-bond donors (Lipinski definition) is 2. The van der Waals surface area contributed by atoms with E-state index >= 15 is 0 Å². The van der Waals surface area contributed by atoms with Crippen molar-refractivity contribution in [1.29, 1.82) is 10.5 Å². The summed E-state index contributed by atoms with van der Waals surface area (Å²) in [5, 5.41) is 35.3. The van der Waals surface area contributed by atoms with Crippen LogP contribution in [0.25, 0.3) is 0 Å². The number of hydrogen-bond acceptors (Lipinski definition) is 4. The molecule has 0 unspecified atom stereocenters. The lowest BCUT2D eigenvalue weighted by atomic mass is 10.1. The number of halogens is 1. The van der Waals surface area contributed by atoms with E-state index in [1.807, 2.05) is 0 Å². The summed E-state index contributed by atoms with van der Waals surface area (Å²) in [5.74, 6) is -0.902. The Labute approximate surface area is 78.8 Å². The Morgan fingerprint density at radius 1 is 1.15 bits per heavy atom. The summed E-state index contributed by atoms with van der Waals surface area (Å²) < 4.78 is 0. The van der Waals surface area contributed by atoms with E-state index in [0.717, 1.165) is 6.07 Å². The fourth-order valence-corrected chi connectivity index (χ4v) is 1.05. The minimum Gasteiger partial charge on any atom is -0.506 e. The van der Waals surface area contributed by atoms with Crippen molar-refractivity contribution in [2.24, 2.45) is 0 Å². The maximum absolute atomic E-state index is 9.22.